The molecule has 0 fully saturated rings. The molecule has 0 atom stereocenters. The van der Waals surface area contributed by atoms with Crippen molar-refractivity contribution in [3.8, 4) is 5.75 Å². The van der Waals surface area contributed by atoms with Gasteiger partial charge in [0, 0.05) is 37.2 Å². The monoisotopic (exact) mass is 483 g/mol. The lowest BCUT2D eigenvalue weighted by atomic mass is 9.97. The first-order valence-electron chi connectivity index (χ1n) is 11.1. The van der Waals surface area contributed by atoms with Crippen LogP contribution in [0.25, 0.3) is 10.9 Å². The highest BCUT2D eigenvalue weighted by molar-refractivity contribution is 6.03. The highest BCUT2D eigenvalue weighted by Crippen LogP contribution is 2.29. The first-order valence-corrected chi connectivity index (χ1v) is 11.1. The van der Waals surface area contributed by atoms with Gasteiger partial charge in [0.2, 0.25) is 11.8 Å². The number of methoxy groups -OCH3 is 1. The van der Waals surface area contributed by atoms with E-state index in [2.05, 4.69) is 25.9 Å². The molecule has 2 aromatic carbocycles. The van der Waals surface area contributed by atoms with Crippen LogP contribution in [0.5, 0.6) is 5.75 Å². The molecular weight excluding hydrogens is 453 g/mol. The van der Waals surface area contributed by atoms with Gasteiger partial charge in [0.1, 0.15) is 36.7 Å². The Bertz CT molecular complexity index is 1180. The lowest BCUT2D eigenvalue weighted by Gasteiger charge is -2.18. The Hall–Kier alpha value is -3.79. The maximum Gasteiger partial charge on any atom is 0.233 e. The fraction of sp³-hybridized carbons (Fsp3) is 0.360. The number of benzene rings is 2. The summed E-state index contributed by atoms with van der Waals surface area (Å²) in [5.41, 5.74) is 1.49. The van der Waals surface area contributed by atoms with Crippen LogP contribution in [0.2, 0.25) is 0 Å². The van der Waals surface area contributed by atoms with Crippen LogP contribution in [0.4, 0.5) is 21.6 Å². The van der Waals surface area contributed by atoms with Crippen LogP contribution in [-0.4, -0.2) is 48.7 Å². The number of anilines is 3. The first-order chi connectivity index (χ1) is 16.6. The van der Waals surface area contributed by atoms with E-state index in [0.29, 0.717) is 48.2 Å². The predicted octanol–water partition coefficient (Wildman–Crippen LogP) is 4.03. The lowest BCUT2D eigenvalue weighted by Crippen LogP contribution is -2.34. The van der Waals surface area contributed by atoms with E-state index in [1.165, 1.54) is 12.4 Å². The Morgan fingerprint density at radius 3 is 2.40 bits per heavy atom. The third-order valence-electron chi connectivity index (χ3n) is 4.79. The van der Waals surface area contributed by atoms with Gasteiger partial charge < -0.3 is 25.4 Å². The standard InChI is InChI=1S/C25H30FN5O4/c1-25(2,3)14-27-21(32)13-22(33)30-16-5-7-17(8-6-16)31-24-23-19(26)11-18(35-10-9-34-4)12-20(23)28-15-29-24/h5-8,11-12,15H,9-10,13-14H2,1-4H3,(H,27,32)(H,30,33)(H,28,29,31). The van der Waals surface area contributed by atoms with E-state index in [0.717, 1.165) is 0 Å². The number of halogens is 1. The second kappa shape index (κ2) is 11.6. The average molecular weight is 484 g/mol. The quantitative estimate of drug-likeness (QED) is 0.295. The molecule has 3 aromatic rings. The first kappa shape index (κ1) is 25.8. The Balaban J connectivity index is 1.63. The van der Waals surface area contributed by atoms with Gasteiger partial charge >= 0.3 is 0 Å². The molecule has 0 saturated heterocycles. The van der Waals surface area contributed by atoms with E-state index in [1.54, 1.807) is 37.4 Å². The summed E-state index contributed by atoms with van der Waals surface area (Å²) in [5.74, 6) is -0.621. The highest BCUT2D eigenvalue weighted by atomic mass is 19.1. The topological polar surface area (TPSA) is 114 Å². The van der Waals surface area contributed by atoms with Gasteiger partial charge in [-0.2, -0.15) is 0 Å². The van der Waals surface area contributed by atoms with Crippen molar-refractivity contribution >= 4 is 39.9 Å². The summed E-state index contributed by atoms with van der Waals surface area (Å²) in [5, 5.41) is 8.74. The fourth-order valence-electron chi connectivity index (χ4n) is 3.09. The van der Waals surface area contributed by atoms with Crippen LogP contribution in [-0.2, 0) is 14.3 Å². The second-order valence-electron chi connectivity index (χ2n) is 9.13. The van der Waals surface area contributed by atoms with E-state index in [4.69, 9.17) is 9.47 Å². The van der Waals surface area contributed by atoms with Crippen molar-refractivity contribution in [3.63, 3.8) is 0 Å². The molecule has 0 saturated carbocycles. The molecule has 0 aliphatic rings. The summed E-state index contributed by atoms with van der Waals surface area (Å²) in [6, 6.07) is 9.69. The molecule has 0 aliphatic heterocycles. The molecule has 2 amide bonds. The Kier molecular flexibility index (Phi) is 8.53. The molecule has 1 aromatic heterocycles. The molecule has 35 heavy (non-hydrogen) atoms. The average Bonchev–Trinajstić information content (AvgIpc) is 2.79. The fourth-order valence-corrected chi connectivity index (χ4v) is 3.09. The Morgan fingerprint density at radius 1 is 1.00 bits per heavy atom. The third-order valence-corrected chi connectivity index (χ3v) is 4.79. The zero-order valence-corrected chi connectivity index (χ0v) is 20.3. The van der Waals surface area contributed by atoms with Gasteiger partial charge in [-0.3, -0.25) is 9.59 Å². The van der Waals surface area contributed by atoms with Crippen molar-refractivity contribution in [2.24, 2.45) is 5.41 Å². The van der Waals surface area contributed by atoms with E-state index in [9.17, 15) is 14.0 Å². The molecule has 0 unspecified atom stereocenters. The summed E-state index contributed by atoms with van der Waals surface area (Å²) >= 11 is 0. The number of hydrogen-bond donors (Lipinski definition) is 3. The van der Waals surface area contributed by atoms with E-state index < -0.39 is 11.7 Å². The van der Waals surface area contributed by atoms with Gasteiger partial charge in [0.05, 0.1) is 17.5 Å². The number of fused-ring (bicyclic) bond motifs is 1. The Labute approximate surface area is 203 Å². The Morgan fingerprint density at radius 2 is 1.71 bits per heavy atom. The van der Waals surface area contributed by atoms with Gasteiger partial charge in [-0.1, -0.05) is 20.8 Å². The smallest absolute Gasteiger partial charge is 0.233 e. The number of carbonyl (C=O) groups is 2. The van der Waals surface area contributed by atoms with Crippen molar-refractivity contribution in [2.75, 3.05) is 37.5 Å². The number of nitrogens with zero attached hydrogens (tertiary/aromatic N) is 2. The summed E-state index contributed by atoms with van der Waals surface area (Å²) < 4.78 is 25.3. The van der Waals surface area contributed by atoms with Crippen LogP contribution in [0, 0.1) is 11.2 Å². The zero-order chi connectivity index (χ0) is 25.4. The number of rotatable bonds is 10. The van der Waals surface area contributed by atoms with Crippen LogP contribution in [0.1, 0.15) is 27.2 Å². The van der Waals surface area contributed by atoms with Crippen LogP contribution < -0.4 is 20.7 Å². The summed E-state index contributed by atoms with van der Waals surface area (Å²) in [6.07, 6.45) is 1.07. The van der Waals surface area contributed by atoms with Crippen molar-refractivity contribution < 1.29 is 23.5 Å². The van der Waals surface area contributed by atoms with Crippen molar-refractivity contribution in [2.45, 2.75) is 27.2 Å². The molecule has 3 N–H and O–H groups in total. The molecular formula is C25H30FN5O4. The van der Waals surface area contributed by atoms with Gasteiger partial charge in [0.15, 0.2) is 0 Å². The van der Waals surface area contributed by atoms with E-state index >= 15 is 0 Å². The maximum atomic E-state index is 14.8. The predicted molar refractivity (Wildman–Crippen MR) is 132 cm³/mol. The SMILES string of the molecule is COCCOc1cc(F)c2c(Nc3ccc(NC(=O)CC(=O)NCC(C)(C)C)cc3)ncnc2c1. The number of carbonyl (C=O) groups excluding carboxylic acids is 2. The molecule has 0 bridgehead atoms. The number of hydrogen-bond acceptors (Lipinski definition) is 7. The van der Waals surface area contributed by atoms with E-state index in [1.807, 2.05) is 20.8 Å². The number of aromatic nitrogens is 2. The molecule has 186 valence electrons. The molecule has 10 heteroatoms. The lowest BCUT2D eigenvalue weighted by molar-refractivity contribution is -0.127. The molecule has 9 nitrogen and oxygen atoms in total. The third kappa shape index (κ3) is 7.89. The molecule has 0 aliphatic carbocycles. The summed E-state index contributed by atoms with van der Waals surface area (Å²) in [7, 11) is 1.56. The van der Waals surface area contributed by atoms with Gasteiger partial charge in [0.25, 0.3) is 0 Å². The van der Waals surface area contributed by atoms with E-state index in [-0.39, 0.29) is 23.1 Å². The number of nitrogens with one attached hydrogen (secondary N) is 3. The van der Waals surface area contributed by atoms with Crippen LogP contribution >= 0.6 is 0 Å². The minimum Gasteiger partial charge on any atom is -0.491 e. The van der Waals surface area contributed by atoms with Crippen LogP contribution in [0.3, 0.4) is 0 Å². The summed E-state index contributed by atoms with van der Waals surface area (Å²) in [6.45, 7) is 7.16. The molecule has 1 heterocycles. The summed E-state index contributed by atoms with van der Waals surface area (Å²) in [4.78, 5) is 32.4. The molecule has 0 spiro atoms. The normalized spacial score (nSPS) is 11.2. The molecule has 0 radical (unpaired) electrons. The number of ether oxygens (including phenoxy) is 2. The van der Waals surface area contributed by atoms with Gasteiger partial charge in [-0.05, 0) is 29.7 Å². The highest BCUT2D eigenvalue weighted by Gasteiger charge is 2.15. The minimum absolute atomic E-state index is 0.0625. The van der Waals surface area contributed by atoms with Crippen LogP contribution in [0.15, 0.2) is 42.7 Å². The van der Waals surface area contributed by atoms with Gasteiger partial charge in [-0.25, -0.2) is 14.4 Å². The second-order valence-corrected chi connectivity index (χ2v) is 9.13. The van der Waals surface area contributed by atoms with Crippen molar-refractivity contribution in [1.82, 2.24) is 15.3 Å². The molecule has 3 rings (SSSR count). The van der Waals surface area contributed by atoms with Crippen molar-refractivity contribution in [1.29, 1.82) is 0 Å². The van der Waals surface area contributed by atoms with Gasteiger partial charge in [-0.15, -0.1) is 0 Å². The largest absolute Gasteiger partial charge is 0.491 e. The van der Waals surface area contributed by atoms with Crippen molar-refractivity contribution in [3.05, 3.63) is 48.5 Å². The zero-order valence-electron chi connectivity index (χ0n) is 20.3. The minimum atomic E-state index is -0.522. The maximum absolute atomic E-state index is 14.8. The number of amides is 2.